The van der Waals surface area contributed by atoms with Crippen molar-refractivity contribution in [1.29, 1.82) is 0 Å². The maximum absolute atomic E-state index is 13.2. The van der Waals surface area contributed by atoms with Gasteiger partial charge in [-0.05, 0) is 73.6 Å². The number of benzene rings is 3. The van der Waals surface area contributed by atoms with Gasteiger partial charge in [0.05, 0.1) is 11.6 Å². The van der Waals surface area contributed by atoms with Crippen LogP contribution in [0.5, 0.6) is 11.5 Å². The molecular weight excluding hydrogens is 510 g/mol. The normalized spacial score (nSPS) is 17.7. The van der Waals surface area contributed by atoms with E-state index < -0.39 is 5.92 Å². The Morgan fingerprint density at radius 1 is 0.897 bits per heavy atom. The fourth-order valence-corrected chi connectivity index (χ4v) is 6.53. The van der Waals surface area contributed by atoms with Crippen molar-refractivity contribution in [3.63, 3.8) is 0 Å². The van der Waals surface area contributed by atoms with E-state index >= 15 is 0 Å². The first-order valence-electron chi connectivity index (χ1n) is 13.8. The number of hydrogen-bond acceptors (Lipinski definition) is 5. The maximum atomic E-state index is 13.2. The predicted octanol–water partition coefficient (Wildman–Crippen LogP) is 7.48. The molecule has 0 unspecified atom stereocenters. The molecule has 2 aliphatic carbocycles. The molecule has 0 spiro atoms. The average molecular weight is 542 g/mol. The van der Waals surface area contributed by atoms with Gasteiger partial charge in [0.2, 0.25) is 0 Å². The molecule has 5 nitrogen and oxygen atoms in total. The van der Waals surface area contributed by atoms with Gasteiger partial charge in [0.25, 0.3) is 0 Å². The Morgan fingerprint density at radius 2 is 1.59 bits per heavy atom. The Kier molecular flexibility index (Phi) is 6.94. The van der Waals surface area contributed by atoms with Gasteiger partial charge in [-0.3, -0.25) is 9.59 Å². The fourth-order valence-electron chi connectivity index (χ4n) is 6.26. The van der Waals surface area contributed by atoms with Crippen molar-refractivity contribution < 1.29 is 19.1 Å². The lowest BCUT2D eigenvalue weighted by Crippen LogP contribution is -2.36. The molecular formula is C33H32ClNO4. The van der Waals surface area contributed by atoms with E-state index in [1.165, 1.54) is 0 Å². The largest absolute Gasteiger partial charge is 0.490 e. The highest BCUT2D eigenvalue weighted by Crippen LogP contribution is 2.48. The molecule has 200 valence electrons. The number of halogens is 1. The summed E-state index contributed by atoms with van der Waals surface area (Å²) < 4.78 is 12.4. The van der Waals surface area contributed by atoms with Crippen molar-refractivity contribution >= 4 is 33.9 Å². The van der Waals surface area contributed by atoms with Crippen molar-refractivity contribution in [3.8, 4) is 11.5 Å². The van der Waals surface area contributed by atoms with Crippen LogP contribution < -0.4 is 14.8 Å². The predicted molar refractivity (Wildman–Crippen MR) is 153 cm³/mol. The molecule has 3 aromatic rings. The van der Waals surface area contributed by atoms with Gasteiger partial charge in [-0.2, -0.15) is 0 Å². The Balaban J connectivity index is 1.42. The summed E-state index contributed by atoms with van der Waals surface area (Å²) in [7, 11) is 0. The summed E-state index contributed by atoms with van der Waals surface area (Å²) >= 11 is 6.91. The molecule has 0 saturated heterocycles. The third-order valence-electron chi connectivity index (χ3n) is 8.09. The standard InChI is InChI=1S/C33H32ClNO4/c1-3-38-29-17-21(30-31-25(10-6-12-27(31)36)35-26-11-7-13-28(37)32(26)30)16-24(34)33(29)39-18-23-19(2)14-15-20-8-4-5-9-22(20)23/h4-5,8-9,14-17,30,35H,3,6-7,10-13,18H2,1-2H3. The van der Waals surface area contributed by atoms with E-state index in [9.17, 15) is 9.59 Å². The minimum atomic E-state index is -0.442. The first-order chi connectivity index (χ1) is 19.0. The molecule has 0 fully saturated rings. The zero-order valence-corrected chi connectivity index (χ0v) is 23.1. The van der Waals surface area contributed by atoms with Crippen molar-refractivity contribution in [2.24, 2.45) is 0 Å². The smallest absolute Gasteiger partial charge is 0.180 e. The topological polar surface area (TPSA) is 64.6 Å². The number of carbonyl (C=O) groups excluding carboxylic acids is 2. The summed E-state index contributed by atoms with van der Waals surface area (Å²) in [6.07, 6.45) is 4.23. The van der Waals surface area contributed by atoms with Gasteiger partial charge in [0.1, 0.15) is 6.61 Å². The second kappa shape index (κ2) is 10.5. The van der Waals surface area contributed by atoms with Crippen LogP contribution in [-0.2, 0) is 16.2 Å². The highest BCUT2D eigenvalue weighted by molar-refractivity contribution is 6.32. The third kappa shape index (κ3) is 4.63. The molecule has 6 heteroatoms. The van der Waals surface area contributed by atoms with Crippen LogP contribution in [0.25, 0.3) is 10.8 Å². The molecule has 1 N–H and O–H groups in total. The summed E-state index contributed by atoms with van der Waals surface area (Å²) in [6, 6.07) is 16.2. The number of Topliss-reactive ketones (excluding diaryl/α,β-unsaturated/α-hetero) is 2. The molecule has 0 radical (unpaired) electrons. The molecule has 39 heavy (non-hydrogen) atoms. The lowest BCUT2D eigenvalue weighted by atomic mass is 9.71. The minimum absolute atomic E-state index is 0.0968. The second-order valence-corrected chi connectivity index (χ2v) is 10.9. The minimum Gasteiger partial charge on any atom is -0.490 e. The summed E-state index contributed by atoms with van der Waals surface area (Å²) in [5.41, 5.74) is 6.33. The lowest BCUT2D eigenvalue weighted by Gasteiger charge is -2.37. The van der Waals surface area contributed by atoms with Crippen LogP contribution in [0.1, 0.15) is 68.1 Å². The molecule has 0 atom stereocenters. The zero-order chi connectivity index (χ0) is 27.1. The molecule has 1 aliphatic heterocycles. The summed E-state index contributed by atoms with van der Waals surface area (Å²) in [6.45, 7) is 4.76. The number of fused-ring (bicyclic) bond motifs is 1. The van der Waals surface area contributed by atoms with E-state index in [1.54, 1.807) is 0 Å². The number of rotatable bonds is 6. The number of dihydropyridines is 1. The number of ketones is 2. The van der Waals surface area contributed by atoms with Gasteiger partial charge in [-0.1, -0.05) is 48.0 Å². The first-order valence-corrected chi connectivity index (χ1v) is 14.2. The number of allylic oxidation sites excluding steroid dienone is 4. The molecule has 0 amide bonds. The highest BCUT2D eigenvalue weighted by Gasteiger charge is 2.40. The van der Waals surface area contributed by atoms with Gasteiger partial charge in [-0.25, -0.2) is 0 Å². The number of nitrogens with one attached hydrogen (secondary N) is 1. The first kappa shape index (κ1) is 25.7. The van der Waals surface area contributed by atoms with Crippen LogP contribution >= 0.6 is 11.6 Å². The van der Waals surface area contributed by atoms with Crippen LogP contribution in [-0.4, -0.2) is 18.2 Å². The van der Waals surface area contributed by atoms with E-state index in [0.29, 0.717) is 53.7 Å². The Bertz CT molecular complexity index is 1530. The van der Waals surface area contributed by atoms with Crippen LogP contribution in [0.15, 0.2) is 71.1 Å². The number of hydrogen-bond donors (Lipinski definition) is 1. The SMILES string of the molecule is CCOc1cc(C2C3=C(CCCC3=O)NC3=C2C(=O)CCC3)cc(Cl)c1OCc1c(C)ccc2ccccc12. The molecule has 6 rings (SSSR count). The Hall–Kier alpha value is -3.57. The Labute approximate surface area is 233 Å². The quantitative estimate of drug-likeness (QED) is 0.350. The van der Waals surface area contributed by atoms with Crippen LogP contribution in [0, 0.1) is 6.92 Å². The fraction of sp³-hybridized carbons (Fsp3) is 0.333. The monoisotopic (exact) mass is 541 g/mol. The summed E-state index contributed by atoms with van der Waals surface area (Å²) in [5.74, 6) is 0.742. The van der Waals surface area contributed by atoms with E-state index in [1.807, 2.05) is 31.2 Å². The molecule has 0 bridgehead atoms. The highest BCUT2D eigenvalue weighted by atomic mass is 35.5. The van der Waals surface area contributed by atoms with Gasteiger partial charge < -0.3 is 14.8 Å². The van der Waals surface area contributed by atoms with Crippen LogP contribution in [0.3, 0.4) is 0 Å². The van der Waals surface area contributed by atoms with Crippen LogP contribution in [0.2, 0.25) is 5.02 Å². The van der Waals surface area contributed by atoms with E-state index in [2.05, 4.69) is 36.5 Å². The zero-order valence-electron chi connectivity index (χ0n) is 22.4. The second-order valence-electron chi connectivity index (χ2n) is 10.5. The molecule has 0 aromatic heterocycles. The summed E-state index contributed by atoms with van der Waals surface area (Å²) in [4.78, 5) is 26.5. The Morgan fingerprint density at radius 3 is 2.28 bits per heavy atom. The van der Waals surface area contributed by atoms with Gasteiger partial charge >= 0.3 is 0 Å². The van der Waals surface area contributed by atoms with Crippen molar-refractivity contribution in [2.75, 3.05) is 6.61 Å². The lowest BCUT2D eigenvalue weighted by molar-refractivity contribution is -0.117. The molecule has 1 heterocycles. The van der Waals surface area contributed by atoms with Gasteiger partial charge in [0, 0.05) is 46.9 Å². The average Bonchev–Trinajstić information content (AvgIpc) is 2.93. The molecule has 3 aliphatic rings. The van der Waals surface area contributed by atoms with Crippen molar-refractivity contribution in [2.45, 2.75) is 64.9 Å². The third-order valence-corrected chi connectivity index (χ3v) is 8.37. The van der Waals surface area contributed by atoms with Gasteiger partial charge in [-0.15, -0.1) is 0 Å². The molecule has 3 aromatic carbocycles. The van der Waals surface area contributed by atoms with Crippen molar-refractivity contribution in [3.05, 3.63) is 92.8 Å². The van der Waals surface area contributed by atoms with Crippen LogP contribution in [0.4, 0.5) is 0 Å². The molecule has 0 saturated carbocycles. The van der Waals surface area contributed by atoms with E-state index in [-0.39, 0.29) is 11.6 Å². The van der Waals surface area contributed by atoms with Gasteiger partial charge in [0.15, 0.2) is 23.1 Å². The number of carbonyl (C=O) groups is 2. The van der Waals surface area contributed by atoms with E-state index in [4.69, 9.17) is 21.1 Å². The number of aryl methyl sites for hydroxylation is 1. The van der Waals surface area contributed by atoms with E-state index in [0.717, 1.165) is 64.5 Å². The van der Waals surface area contributed by atoms with Crippen molar-refractivity contribution in [1.82, 2.24) is 5.32 Å². The summed E-state index contributed by atoms with van der Waals surface area (Å²) in [5, 5.41) is 6.17. The number of ether oxygens (including phenoxy) is 2. The maximum Gasteiger partial charge on any atom is 0.180 e.